The van der Waals surface area contributed by atoms with Gasteiger partial charge in [0, 0.05) is 31.7 Å². The zero-order valence-electron chi connectivity index (χ0n) is 20.9. The number of aliphatic hydroxyl groups excluding tert-OH is 1. The second-order valence-electron chi connectivity index (χ2n) is 8.82. The van der Waals surface area contributed by atoms with Crippen LogP contribution in [0.25, 0.3) is 5.76 Å². The molecule has 2 aliphatic heterocycles. The number of hydrogen-bond donors (Lipinski definition) is 1. The Bertz CT molecular complexity index is 1090. The summed E-state index contributed by atoms with van der Waals surface area (Å²) in [6.07, 6.45) is 0.861. The van der Waals surface area contributed by atoms with Crippen molar-refractivity contribution in [1.82, 2.24) is 9.80 Å². The smallest absolute Gasteiger partial charge is 0.295 e. The molecular weight excluding hydrogens is 460 g/mol. The summed E-state index contributed by atoms with van der Waals surface area (Å²) in [5.74, 6) is -0.171. The van der Waals surface area contributed by atoms with Crippen molar-refractivity contribution in [2.45, 2.75) is 26.3 Å². The van der Waals surface area contributed by atoms with Crippen molar-refractivity contribution in [3.8, 4) is 11.5 Å². The quantitative estimate of drug-likeness (QED) is 0.307. The van der Waals surface area contributed by atoms with Crippen molar-refractivity contribution in [2.75, 3.05) is 52.6 Å². The summed E-state index contributed by atoms with van der Waals surface area (Å²) in [7, 11) is 0. The van der Waals surface area contributed by atoms with Crippen molar-refractivity contribution in [2.24, 2.45) is 0 Å². The van der Waals surface area contributed by atoms with E-state index in [9.17, 15) is 14.7 Å². The van der Waals surface area contributed by atoms with Crippen LogP contribution in [-0.2, 0) is 14.3 Å². The van der Waals surface area contributed by atoms with Crippen molar-refractivity contribution in [3.63, 3.8) is 0 Å². The standard InChI is InChI=1S/C28H34N2O6/c1-3-16-36-23-7-5-6-21(19-23)25-24(26(31)20-8-10-22(11-9-20)35-4-2)27(32)28(33)30(25)13-12-29-14-17-34-18-15-29/h5-11,19,25,31H,3-4,12-18H2,1-2H3/b26-24+/t25-/m1/s1. The van der Waals surface area contributed by atoms with Crippen LogP contribution >= 0.6 is 0 Å². The number of rotatable bonds is 10. The molecule has 1 amide bonds. The molecule has 2 fully saturated rings. The number of benzene rings is 2. The van der Waals surface area contributed by atoms with E-state index in [1.807, 2.05) is 38.1 Å². The van der Waals surface area contributed by atoms with Gasteiger partial charge in [0.15, 0.2) is 0 Å². The predicted octanol–water partition coefficient (Wildman–Crippen LogP) is 3.63. The lowest BCUT2D eigenvalue weighted by Crippen LogP contribution is -2.42. The number of amides is 1. The monoisotopic (exact) mass is 494 g/mol. The summed E-state index contributed by atoms with van der Waals surface area (Å²) in [6.45, 7) is 8.84. The van der Waals surface area contributed by atoms with Crippen molar-refractivity contribution >= 4 is 17.4 Å². The highest BCUT2D eigenvalue weighted by Crippen LogP contribution is 2.40. The van der Waals surface area contributed by atoms with Crippen molar-refractivity contribution < 1.29 is 28.9 Å². The van der Waals surface area contributed by atoms with Crippen LogP contribution in [0.15, 0.2) is 54.1 Å². The Morgan fingerprint density at radius 2 is 1.75 bits per heavy atom. The van der Waals surface area contributed by atoms with Crippen LogP contribution < -0.4 is 9.47 Å². The van der Waals surface area contributed by atoms with Crippen LogP contribution in [0.4, 0.5) is 0 Å². The van der Waals surface area contributed by atoms with Gasteiger partial charge in [-0.15, -0.1) is 0 Å². The van der Waals surface area contributed by atoms with Gasteiger partial charge in [0.2, 0.25) is 0 Å². The third-order valence-electron chi connectivity index (χ3n) is 6.39. The lowest BCUT2D eigenvalue weighted by Gasteiger charge is -2.31. The molecular formula is C28H34N2O6. The molecule has 2 aromatic carbocycles. The van der Waals surface area contributed by atoms with Crippen LogP contribution in [0.2, 0.25) is 0 Å². The number of carbonyl (C=O) groups excluding carboxylic acids is 2. The number of ether oxygens (including phenoxy) is 3. The maximum atomic E-state index is 13.3. The minimum Gasteiger partial charge on any atom is -0.507 e. The summed E-state index contributed by atoms with van der Waals surface area (Å²) in [4.78, 5) is 30.3. The Morgan fingerprint density at radius 1 is 1.00 bits per heavy atom. The molecule has 0 spiro atoms. The van der Waals surface area contributed by atoms with Crippen LogP contribution in [0.3, 0.4) is 0 Å². The molecule has 2 aliphatic rings. The summed E-state index contributed by atoms with van der Waals surface area (Å²) >= 11 is 0. The molecule has 0 radical (unpaired) electrons. The molecule has 0 bridgehead atoms. The van der Waals surface area contributed by atoms with Gasteiger partial charge in [-0.3, -0.25) is 14.5 Å². The first-order valence-electron chi connectivity index (χ1n) is 12.6. The summed E-state index contributed by atoms with van der Waals surface area (Å²) in [5.41, 5.74) is 1.25. The molecule has 1 N–H and O–H groups in total. The molecule has 36 heavy (non-hydrogen) atoms. The fourth-order valence-electron chi connectivity index (χ4n) is 4.56. The van der Waals surface area contributed by atoms with Gasteiger partial charge in [-0.2, -0.15) is 0 Å². The second kappa shape index (κ2) is 12.1. The highest BCUT2D eigenvalue weighted by Gasteiger charge is 2.46. The predicted molar refractivity (Wildman–Crippen MR) is 136 cm³/mol. The molecule has 2 saturated heterocycles. The van der Waals surface area contributed by atoms with E-state index in [1.165, 1.54) is 0 Å². The number of likely N-dealkylation sites (tertiary alicyclic amines) is 1. The summed E-state index contributed by atoms with van der Waals surface area (Å²) in [5, 5.41) is 11.3. The molecule has 8 nitrogen and oxygen atoms in total. The minimum atomic E-state index is -0.720. The largest absolute Gasteiger partial charge is 0.507 e. The Kier molecular flexibility index (Phi) is 8.61. The van der Waals surface area contributed by atoms with Gasteiger partial charge < -0.3 is 24.2 Å². The maximum Gasteiger partial charge on any atom is 0.295 e. The van der Waals surface area contributed by atoms with E-state index in [1.54, 1.807) is 29.2 Å². The highest BCUT2D eigenvalue weighted by molar-refractivity contribution is 6.46. The third kappa shape index (κ3) is 5.71. The summed E-state index contributed by atoms with van der Waals surface area (Å²) < 4.78 is 16.7. The molecule has 192 valence electrons. The second-order valence-corrected chi connectivity index (χ2v) is 8.82. The van der Waals surface area contributed by atoms with Crippen molar-refractivity contribution in [3.05, 3.63) is 65.2 Å². The number of aliphatic hydroxyl groups is 1. The zero-order chi connectivity index (χ0) is 25.5. The van der Waals surface area contributed by atoms with Gasteiger partial charge in [0.25, 0.3) is 11.7 Å². The van der Waals surface area contributed by atoms with Crippen LogP contribution in [-0.4, -0.2) is 79.2 Å². The van der Waals surface area contributed by atoms with E-state index in [2.05, 4.69) is 4.90 Å². The van der Waals surface area contributed by atoms with E-state index in [4.69, 9.17) is 14.2 Å². The van der Waals surface area contributed by atoms with E-state index < -0.39 is 17.7 Å². The fraction of sp³-hybridized carbons (Fsp3) is 0.429. The highest BCUT2D eigenvalue weighted by atomic mass is 16.5. The van der Waals surface area contributed by atoms with Crippen molar-refractivity contribution in [1.29, 1.82) is 0 Å². The van der Waals surface area contributed by atoms with Gasteiger partial charge in [-0.1, -0.05) is 19.1 Å². The molecule has 0 saturated carbocycles. The number of hydrogen-bond acceptors (Lipinski definition) is 7. The zero-order valence-corrected chi connectivity index (χ0v) is 20.9. The van der Waals surface area contributed by atoms with Crippen LogP contribution in [0.5, 0.6) is 11.5 Å². The molecule has 2 aromatic rings. The van der Waals surface area contributed by atoms with E-state index >= 15 is 0 Å². The first-order valence-corrected chi connectivity index (χ1v) is 12.6. The average Bonchev–Trinajstić information content (AvgIpc) is 3.16. The molecule has 2 heterocycles. The number of nitrogens with zero attached hydrogens (tertiary/aromatic N) is 2. The van der Waals surface area contributed by atoms with Gasteiger partial charge >= 0.3 is 0 Å². The maximum absolute atomic E-state index is 13.3. The minimum absolute atomic E-state index is 0.0822. The Morgan fingerprint density at radius 3 is 2.44 bits per heavy atom. The molecule has 0 aromatic heterocycles. The molecule has 0 aliphatic carbocycles. The van der Waals surface area contributed by atoms with Gasteiger partial charge in [0.1, 0.15) is 17.3 Å². The molecule has 8 heteroatoms. The molecule has 4 rings (SSSR count). The van der Waals surface area contributed by atoms with E-state index in [0.717, 1.165) is 25.1 Å². The average molecular weight is 495 g/mol. The third-order valence-corrected chi connectivity index (χ3v) is 6.39. The first-order chi connectivity index (χ1) is 17.5. The Labute approximate surface area is 212 Å². The summed E-state index contributed by atoms with van der Waals surface area (Å²) in [6, 6.07) is 13.6. The number of carbonyl (C=O) groups is 2. The van der Waals surface area contributed by atoms with Crippen LogP contribution in [0, 0.1) is 0 Å². The first kappa shape index (κ1) is 25.7. The van der Waals surface area contributed by atoms with E-state index in [-0.39, 0.29) is 11.3 Å². The SMILES string of the molecule is CCCOc1cccc([C@@H]2/C(=C(\O)c3ccc(OCC)cc3)C(=O)C(=O)N2CCN2CCOCC2)c1. The number of Topliss-reactive ketones (excluding diaryl/α,β-unsaturated/α-hetero) is 1. The Balaban J connectivity index is 1.71. The number of ketones is 1. The topological polar surface area (TPSA) is 88.5 Å². The lowest BCUT2D eigenvalue weighted by molar-refractivity contribution is -0.140. The Hall–Kier alpha value is -3.36. The van der Waals surface area contributed by atoms with Gasteiger partial charge in [0.05, 0.1) is 38.0 Å². The number of morpholine rings is 1. The van der Waals surface area contributed by atoms with Gasteiger partial charge in [-0.25, -0.2) is 0 Å². The lowest BCUT2D eigenvalue weighted by atomic mass is 9.95. The molecule has 0 unspecified atom stereocenters. The van der Waals surface area contributed by atoms with E-state index in [0.29, 0.717) is 56.6 Å². The normalized spacial score (nSPS) is 20.1. The fourth-order valence-corrected chi connectivity index (χ4v) is 4.56. The van der Waals surface area contributed by atoms with Crippen LogP contribution in [0.1, 0.15) is 37.4 Å². The van der Waals surface area contributed by atoms with Gasteiger partial charge in [-0.05, 0) is 55.3 Å². The molecule has 1 atom stereocenters.